The number of nitrogens with zero attached hydrogens (tertiary/aromatic N) is 1. The molecule has 7 nitrogen and oxygen atoms in total. The number of anilines is 1. The summed E-state index contributed by atoms with van der Waals surface area (Å²) in [7, 11) is 0. The number of hydrogen-bond acceptors (Lipinski definition) is 7. The summed E-state index contributed by atoms with van der Waals surface area (Å²) >= 11 is 1.08. The number of fused-ring (bicyclic) bond motifs is 1. The van der Waals surface area contributed by atoms with Crippen molar-refractivity contribution in [1.82, 2.24) is 0 Å². The molecule has 0 saturated heterocycles. The molecule has 5 rings (SSSR count). The summed E-state index contributed by atoms with van der Waals surface area (Å²) < 4.78 is 10.7. The number of carbonyl (C=O) groups is 4. The van der Waals surface area contributed by atoms with Crippen LogP contribution in [0.4, 0.5) is 5.69 Å². The molecule has 204 valence electrons. The van der Waals surface area contributed by atoms with E-state index in [0.29, 0.717) is 29.2 Å². The maximum Gasteiger partial charge on any atom is 0.330 e. The van der Waals surface area contributed by atoms with Gasteiger partial charge in [0.25, 0.3) is 11.8 Å². The number of ether oxygens (including phenoxy) is 2. The third kappa shape index (κ3) is 6.62. The fraction of sp³-hybridized carbons (Fsp3) is 0.0909. The van der Waals surface area contributed by atoms with Crippen LogP contribution in [0.25, 0.3) is 21.9 Å². The number of thioether (sulfide) groups is 1. The van der Waals surface area contributed by atoms with Crippen molar-refractivity contribution in [3.05, 3.63) is 115 Å². The molecular weight excluding hydrogens is 538 g/mol. The molecule has 0 saturated carbocycles. The van der Waals surface area contributed by atoms with Crippen LogP contribution in [0.5, 0.6) is 5.75 Å². The standard InChI is InChI=1S/C33H25NO6S/c1-2-32(37)40-19-3-18-39-28-13-10-25-20-24(8-9-26(25)21-28)22-4-6-23(7-5-22)33(38)41-29-14-11-27(12-15-29)34-30(35)16-17-31(34)36/h2,4-17,20-21H,1,3,18-19H2. The molecule has 0 fully saturated rings. The summed E-state index contributed by atoms with van der Waals surface area (Å²) in [6, 6.07) is 26.2. The number of amides is 2. The Bertz CT molecular complexity index is 1660. The summed E-state index contributed by atoms with van der Waals surface area (Å²) in [5, 5.41) is 1.99. The van der Waals surface area contributed by atoms with Crippen LogP contribution in [-0.2, 0) is 19.1 Å². The zero-order valence-electron chi connectivity index (χ0n) is 21.9. The van der Waals surface area contributed by atoms with Crippen LogP contribution in [-0.4, -0.2) is 36.1 Å². The molecule has 0 radical (unpaired) electrons. The first-order chi connectivity index (χ1) is 19.9. The SMILES string of the molecule is C=CC(=O)OCCCOc1ccc2cc(-c3ccc(C(=O)Sc4ccc(N5C(=O)C=CC5=O)cc4)cc3)ccc2c1. The van der Waals surface area contributed by atoms with Crippen LogP contribution in [0.3, 0.4) is 0 Å². The maximum atomic E-state index is 12.9. The van der Waals surface area contributed by atoms with Crippen LogP contribution in [0, 0.1) is 0 Å². The van der Waals surface area contributed by atoms with Gasteiger partial charge in [0.05, 0.1) is 18.9 Å². The van der Waals surface area contributed by atoms with Gasteiger partial charge in [-0.05, 0) is 88.3 Å². The Morgan fingerprint density at radius 3 is 2.15 bits per heavy atom. The van der Waals surface area contributed by atoms with Crippen LogP contribution in [0.15, 0.2) is 115 Å². The van der Waals surface area contributed by atoms with Gasteiger partial charge in [0.1, 0.15) is 5.75 Å². The van der Waals surface area contributed by atoms with Crippen LogP contribution >= 0.6 is 11.8 Å². The molecule has 4 aromatic carbocycles. The molecule has 0 atom stereocenters. The fourth-order valence-corrected chi connectivity index (χ4v) is 5.00. The molecule has 2 amide bonds. The monoisotopic (exact) mass is 563 g/mol. The van der Waals surface area contributed by atoms with E-state index in [-0.39, 0.29) is 23.5 Å². The van der Waals surface area contributed by atoms with Crippen molar-refractivity contribution < 1.29 is 28.7 Å². The van der Waals surface area contributed by atoms with Gasteiger partial charge in [0, 0.05) is 35.1 Å². The average Bonchev–Trinajstić information content (AvgIpc) is 3.34. The quantitative estimate of drug-likeness (QED) is 0.0728. The van der Waals surface area contributed by atoms with E-state index < -0.39 is 5.97 Å². The van der Waals surface area contributed by atoms with Crippen molar-refractivity contribution in [2.24, 2.45) is 0 Å². The Kier molecular flexibility index (Phi) is 8.41. The molecule has 41 heavy (non-hydrogen) atoms. The number of benzene rings is 4. The van der Waals surface area contributed by atoms with E-state index in [1.165, 1.54) is 12.2 Å². The van der Waals surface area contributed by atoms with Crippen molar-refractivity contribution in [1.29, 1.82) is 0 Å². The molecule has 0 aliphatic carbocycles. The third-order valence-electron chi connectivity index (χ3n) is 6.35. The highest BCUT2D eigenvalue weighted by Gasteiger charge is 2.25. The van der Waals surface area contributed by atoms with E-state index in [2.05, 4.69) is 12.6 Å². The number of esters is 1. The Labute approximate surface area is 241 Å². The van der Waals surface area contributed by atoms with E-state index in [4.69, 9.17) is 9.47 Å². The Hall–Kier alpha value is -4.95. The number of imide groups is 1. The normalized spacial score (nSPS) is 12.5. The van der Waals surface area contributed by atoms with Gasteiger partial charge < -0.3 is 9.47 Å². The highest BCUT2D eigenvalue weighted by molar-refractivity contribution is 8.14. The van der Waals surface area contributed by atoms with Gasteiger partial charge in [0.2, 0.25) is 5.12 Å². The first kappa shape index (κ1) is 27.6. The van der Waals surface area contributed by atoms with Crippen molar-refractivity contribution in [3.63, 3.8) is 0 Å². The predicted molar refractivity (Wildman–Crippen MR) is 159 cm³/mol. The second-order valence-electron chi connectivity index (χ2n) is 9.10. The van der Waals surface area contributed by atoms with Gasteiger partial charge in [-0.15, -0.1) is 0 Å². The predicted octanol–water partition coefficient (Wildman–Crippen LogP) is 6.37. The first-order valence-electron chi connectivity index (χ1n) is 12.9. The average molecular weight is 564 g/mol. The fourth-order valence-electron chi connectivity index (χ4n) is 4.26. The highest BCUT2D eigenvalue weighted by Crippen LogP contribution is 2.30. The minimum Gasteiger partial charge on any atom is -0.493 e. The molecule has 0 unspecified atom stereocenters. The van der Waals surface area contributed by atoms with Crippen molar-refractivity contribution in [3.8, 4) is 16.9 Å². The molecular formula is C33H25NO6S. The molecule has 1 heterocycles. The van der Waals surface area contributed by atoms with Crippen molar-refractivity contribution in [2.75, 3.05) is 18.1 Å². The molecule has 0 bridgehead atoms. The van der Waals surface area contributed by atoms with Crippen molar-refractivity contribution >= 4 is 51.1 Å². The molecule has 0 spiro atoms. The molecule has 0 N–H and O–H groups in total. The Morgan fingerprint density at radius 2 is 1.44 bits per heavy atom. The van der Waals surface area contributed by atoms with Gasteiger partial charge >= 0.3 is 5.97 Å². The topological polar surface area (TPSA) is 90.0 Å². The lowest BCUT2D eigenvalue weighted by molar-refractivity contribution is -0.138. The lowest BCUT2D eigenvalue weighted by Gasteiger charge is -2.13. The first-order valence-corrected chi connectivity index (χ1v) is 13.7. The van der Waals surface area contributed by atoms with Crippen LogP contribution in [0.2, 0.25) is 0 Å². The second kappa shape index (κ2) is 12.5. The zero-order chi connectivity index (χ0) is 28.8. The summed E-state index contributed by atoms with van der Waals surface area (Å²) in [5.74, 6) is -0.460. The van der Waals surface area contributed by atoms with Crippen molar-refractivity contribution in [2.45, 2.75) is 11.3 Å². The molecule has 1 aliphatic heterocycles. The minimum absolute atomic E-state index is 0.107. The van der Waals surface area contributed by atoms with E-state index in [9.17, 15) is 19.2 Å². The summed E-state index contributed by atoms with van der Waals surface area (Å²) in [6.07, 6.45) is 4.19. The molecule has 8 heteroatoms. The lowest BCUT2D eigenvalue weighted by atomic mass is 10.0. The lowest BCUT2D eigenvalue weighted by Crippen LogP contribution is -2.29. The minimum atomic E-state index is -0.440. The van der Waals surface area contributed by atoms with Gasteiger partial charge in [0.15, 0.2) is 0 Å². The van der Waals surface area contributed by atoms with Crippen LogP contribution < -0.4 is 9.64 Å². The number of rotatable bonds is 10. The van der Waals surface area contributed by atoms with E-state index in [0.717, 1.165) is 50.4 Å². The third-order valence-corrected chi connectivity index (χ3v) is 7.28. The number of carbonyl (C=O) groups excluding carboxylic acids is 4. The Morgan fingerprint density at radius 1 is 0.780 bits per heavy atom. The zero-order valence-corrected chi connectivity index (χ0v) is 22.8. The maximum absolute atomic E-state index is 12.9. The van der Waals surface area contributed by atoms with E-state index in [1.807, 2.05) is 42.5 Å². The van der Waals surface area contributed by atoms with Crippen LogP contribution in [0.1, 0.15) is 16.8 Å². The highest BCUT2D eigenvalue weighted by atomic mass is 32.2. The largest absolute Gasteiger partial charge is 0.493 e. The summed E-state index contributed by atoms with van der Waals surface area (Å²) in [6.45, 7) is 4.07. The second-order valence-corrected chi connectivity index (χ2v) is 10.1. The number of hydrogen-bond donors (Lipinski definition) is 0. The molecule has 1 aliphatic rings. The van der Waals surface area contributed by atoms with E-state index >= 15 is 0 Å². The Balaban J connectivity index is 1.18. The van der Waals surface area contributed by atoms with Gasteiger partial charge in [-0.3, -0.25) is 14.4 Å². The van der Waals surface area contributed by atoms with E-state index in [1.54, 1.807) is 36.4 Å². The molecule has 0 aromatic heterocycles. The van der Waals surface area contributed by atoms with Gasteiger partial charge in [-0.1, -0.05) is 36.9 Å². The van der Waals surface area contributed by atoms with Gasteiger partial charge in [-0.25, -0.2) is 9.69 Å². The molecule has 4 aromatic rings. The summed E-state index contributed by atoms with van der Waals surface area (Å²) in [4.78, 5) is 49.5. The van der Waals surface area contributed by atoms with Gasteiger partial charge in [-0.2, -0.15) is 0 Å². The smallest absolute Gasteiger partial charge is 0.330 e. The summed E-state index contributed by atoms with van der Waals surface area (Å²) in [5.41, 5.74) is 3.05.